The van der Waals surface area contributed by atoms with E-state index < -0.39 is 27.6 Å². The van der Waals surface area contributed by atoms with E-state index in [0.717, 1.165) is 25.7 Å². The van der Waals surface area contributed by atoms with Gasteiger partial charge in [0, 0.05) is 6.54 Å². The fourth-order valence-electron chi connectivity index (χ4n) is 3.31. The number of hydrogen-bond acceptors (Lipinski definition) is 6. The molecule has 1 aromatic rings. The smallest absolute Gasteiger partial charge is 0.407 e. The van der Waals surface area contributed by atoms with Gasteiger partial charge in [-0.3, -0.25) is 0 Å². The first-order valence-corrected chi connectivity index (χ1v) is 11.6. The highest BCUT2D eigenvalue weighted by Gasteiger charge is 2.25. The zero-order valence-electron chi connectivity index (χ0n) is 17.0. The van der Waals surface area contributed by atoms with Gasteiger partial charge < -0.3 is 15.2 Å². The number of aromatic nitrogens is 1. The minimum atomic E-state index is -3.48. The van der Waals surface area contributed by atoms with Gasteiger partial charge in [-0.25, -0.2) is 18.2 Å². The first kappa shape index (κ1) is 22.6. The molecule has 0 unspecified atom stereocenters. The van der Waals surface area contributed by atoms with E-state index in [1.807, 2.05) is 0 Å². The largest absolute Gasteiger partial charge is 0.444 e. The van der Waals surface area contributed by atoms with Crippen LogP contribution >= 0.6 is 0 Å². The summed E-state index contributed by atoms with van der Waals surface area (Å²) >= 11 is 0. The van der Waals surface area contributed by atoms with Crippen LogP contribution in [0.4, 0.5) is 4.79 Å². The van der Waals surface area contributed by atoms with Gasteiger partial charge in [0.05, 0.1) is 17.6 Å². The van der Waals surface area contributed by atoms with Gasteiger partial charge in [-0.05, 0) is 58.1 Å². The molecule has 2 rings (SSSR count). The van der Waals surface area contributed by atoms with Gasteiger partial charge in [0.15, 0.2) is 14.9 Å². The molecule has 28 heavy (non-hydrogen) atoms. The van der Waals surface area contributed by atoms with E-state index in [1.165, 1.54) is 12.5 Å². The van der Waals surface area contributed by atoms with E-state index >= 15 is 0 Å². The fraction of sp³-hybridized carbons (Fsp3) is 0.700. The number of alkyl carbamates (subject to hydrolysis) is 1. The number of rotatable bonds is 7. The Bertz CT molecular complexity index is 752. The first-order chi connectivity index (χ1) is 13.1. The Morgan fingerprint density at radius 2 is 1.96 bits per heavy atom. The fourth-order valence-corrected chi connectivity index (χ4v) is 4.97. The zero-order valence-corrected chi connectivity index (χ0v) is 17.8. The summed E-state index contributed by atoms with van der Waals surface area (Å²) < 4.78 is 30.5. The Hall–Kier alpha value is -1.67. The van der Waals surface area contributed by atoms with Crippen LogP contribution in [-0.4, -0.2) is 42.5 Å². The number of aliphatic hydroxyl groups is 1. The highest BCUT2D eigenvalue weighted by atomic mass is 32.2. The van der Waals surface area contributed by atoms with Gasteiger partial charge in [0.2, 0.25) is 0 Å². The molecular weight excluding hydrogens is 380 g/mol. The van der Waals surface area contributed by atoms with Crippen LogP contribution < -0.4 is 5.32 Å². The van der Waals surface area contributed by atoms with Crippen LogP contribution in [0.15, 0.2) is 23.2 Å². The van der Waals surface area contributed by atoms with Gasteiger partial charge in [-0.2, -0.15) is 0 Å². The molecule has 1 amide bonds. The van der Waals surface area contributed by atoms with Crippen molar-refractivity contribution in [3.05, 3.63) is 23.9 Å². The maximum atomic E-state index is 12.7. The summed E-state index contributed by atoms with van der Waals surface area (Å²) in [5.41, 5.74) is -0.304. The number of nitrogens with one attached hydrogen (secondary N) is 1. The lowest BCUT2D eigenvalue weighted by Crippen LogP contribution is -2.33. The van der Waals surface area contributed by atoms with Crippen molar-refractivity contribution in [3.63, 3.8) is 0 Å². The van der Waals surface area contributed by atoms with E-state index in [0.29, 0.717) is 0 Å². The van der Waals surface area contributed by atoms with E-state index in [-0.39, 0.29) is 35.4 Å². The van der Waals surface area contributed by atoms with Crippen LogP contribution in [0.5, 0.6) is 0 Å². The SMILES string of the molecule is CC(C)(C)OC(=O)NCC[C@@H](O)c1cccc(S(=O)(=O)CC2CCCCC2)n1. The molecule has 0 aliphatic heterocycles. The quantitative estimate of drug-likeness (QED) is 0.711. The molecule has 0 bridgehead atoms. The number of carbonyl (C=O) groups excluding carboxylic acids is 1. The second kappa shape index (κ2) is 9.69. The van der Waals surface area contributed by atoms with E-state index in [4.69, 9.17) is 4.74 Å². The maximum absolute atomic E-state index is 12.7. The van der Waals surface area contributed by atoms with Crippen LogP contribution in [0.1, 0.15) is 71.1 Å². The highest BCUT2D eigenvalue weighted by Crippen LogP contribution is 2.27. The number of carbonyl (C=O) groups is 1. The third kappa shape index (κ3) is 7.39. The van der Waals surface area contributed by atoms with Crippen molar-refractivity contribution in [2.24, 2.45) is 5.92 Å². The van der Waals surface area contributed by atoms with Gasteiger partial charge in [-0.15, -0.1) is 0 Å². The normalized spacial score (nSPS) is 17.1. The van der Waals surface area contributed by atoms with Crippen LogP contribution in [0.3, 0.4) is 0 Å². The van der Waals surface area contributed by atoms with Crippen LogP contribution in [0, 0.1) is 5.92 Å². The minimum Gasteiger partial charge on any atom is -0.444 e. The third-order valence-corrected chi connectivity index (χ3v) is 6.45. The molecule has 158 valence electrons. The predicted octanol–water partition coefficient (Wildman–Crippen LogP) is 3.38. The highest BCUT2D eigenvalue weighted by molar-refractivity contribution is 7.91. The molecule has 8 heteroatoms. The van der Waals surface area contributed by atoms with E-state index in [1.54, 1.807) is 32.9 Å². The van der Waals surface area contributed by atoms with Crippen molar-refractivity contribution in [1.82, 2.24) is 10.3 Å². The van der Waals surface area contributed by atoms with Crippen molar-refractivity contribution in [2.45, 2.75) is 76.0 Å². The molecular formula is C20H32N2O5S. The molecule has 0 spiro atoms. The Kier molecular flexibility index (Phi) is 7.83. The molecule has 0 radical (unpaired) electrons. The number of sulfone groups is 1. The van der Waals surface area contributed by atoms with E-state index in [9.17, 15) is 18.3 Å². The molecule has 1 heterocycles. The van der Waals surface area contributed by atoms with Crippen LogP contribution in [0.25, 0.3) is 0 Å². The topological polar surface area (TPSA) is 106 Å². The average molecular weight is 413 g/mol. The molecule has 0 aromatic carbocycles. The van der Waals surface area contributed by atoms with Gasteiger partial charge in [0.25, 0.3) is 0 Å². The lowest BCUT2D eigenvalue weighted by atomic mass is 9.91. The zero-order chi connectivity index (χ0) is 20.8. The minimum absolute atomic E-state index is 0.00900. The van der Waals surface area contributed by atoms with Crippen molar-refractivity contribution < 1.29 is 23.1 Å². The summed E-state index contributed by atoms with van der Waals surface area (Å²) in [7, 11) is -3.48. The Labute approximate surface area is 167 Å². The molecule has 0 saturated heterocycles. The maximum Gasteiger partial charge on any atom is 0.407 e. The molecule has 1 aromatic heterocycles. The Balaban J connectivity index is 1.93. The Morgan fingerprint density at radius 1 is 1.29 bits per heavy atom. The van der Waals surface area contributed by atoms with Crippen molar-refractivity contribution in [3.8, 4) is 0 Å². The number of amides is 1. The molecule has 7 nitrogen and oxygen atoms in total. The molecule has 2 N–H and O–H groups in total. The van der Waals surface area contributed by atoms with Gasteiger partial charge >= 0.3 is 6.09 Å². The van der Waals surface area contributed by atoms with Gasteiger partial charge in [0.1, 0.15) is 5.60 Å². The first-order valence-electron chi connectivity index (χ1n) is 9.91. The monoisotopic (exact) mass is 412 g/mol. The number of ether oxygens (including phenoxy) is 1. The summed E-state index contributed by atoms with van der Waals surface area (Å²) in [5, 5.41) is 12.9. The second-order valence-electron chi connectivity index (χ2n) is 8.42. The molecule has 1 saturated carbocycles. The Morgan fingerprint density at radius 3 is 2.61 bits per heavy atom. The summed E-state index contributed by atoms with van der Waals surface area (Å²) in [4.78, 5) is 15.8. The number of nitrogens with zero attached hydrogens (tertiary/aromatic N) is 1. The number of pyridine rings is 1. The summed E-state index contributed by atoms with van der Waals surface area (Å²) in [5.74, 6) is 0.298. The van der Waals surface area contributed by atoms with Crippen molar-refractivity contribution >= 4 is 15.9 Å². The second-order valence-corrected chi connectivity index (χ2v) is 10.4. The number of aliphatic hydroxyl groups excluding tert-OH is 1. The average Bonchev–Trinajstić information content (AvgIpc) is 2.60. The van der Waals surface area contributed by atoms with E-state index in [2.05, 4.69) is 10.3 Å². The standard InChI is InChI=1S/C20H32N2O5S/c1-20(2,3)27-19(24)21-13-12-17(23)16-10-7-11-18(22-16)28(25,26)14-15-8-5-4-6-9-15/h7,10-11,15,17,23H,4-6,8-9,12-14H2,1-3H3,(H,21,24)/t17-/m1/s1. The van der Waals surface area contributed by atoms with Crippen LogP contribution in [-0.2, 0) is 14.6 Å². The molecule has 1 atom stereocenters. The van der Waals surface area contributed by atoms with Crippen LogP contribution in [0.2, 0.25) is 0 Å². The number of hydrogen-bond donors (Lipinski definition) is 2. The predicted molar refractivity (Wildman–Crippen MR) is 107 cm³/mol. The lowest BCUT2D eigenvalue weighted by Gasteiger charge is -2.21. The molecule has 1 aliphatic carbocycles. The molecule has 1 fully saturated rings. The third-order valence-electron chi connectivity index (χ3n) is 4.67. The van der Waals surface area contributed by atoms with Gasteiger partial charge in [-0.1, -0.05) is 25.3 Å². The summed E-state index contributed by atoms with van der Waals surface area (Å²) in [6.45, 7) is 5.50. The lowest BCUT2D eigenvalue weighted by molar-refractivity contribution is 0.0517. The summed E-state index contributed by atoms with van der Waals surface area (Å²) in [6.07, 6.45) is 3.90. The molecule has 1 aliphatic rings. The summed E-state index contributed by atoms with van der Waals surface area (Å²) in [6, 6.07) is 4.67. The van der Waals surface area contributed by atoms with Crippen molar-refractivity contribution in [1.29, 1.82) is 0 Å². The van der Waals surface area contributed by atoms with Crippen molar-refractivity contribution in [2.75, 3.05) is 12.3 Å².